The van der Waals surface area contributed by atoms with Gasteiger partial charge in [0, 0.05) is 6.42 Å². The monoisotopic (exact) mass is 1100 g/mol. The number of phosphoric ester groups is 1. The summed E-state index contributed by atoms with van der Waals surface area (Å²) < 4.78 is 23.4. The van der Waals surface area contributed by atoms with E-state index in [1.165, 1.54) is 244 Å². The van der Waals surface area contributed by atoms with Crippen molar-refractivity contribution in [2.45, 2.75) is 328 Å². The summed E-state index contributed by atoms with van der Waals surface area (Å²) in [4.78, 5) is 25.6. The van der Waals surface area contributed by atoms with Gasteiger partial charge in [-0.1, -0.05) is 293 Å². The van der Waals surface area contributed by atoms with Crippen LogP contribution < -0.4 is 10.2 Å². The smallest absolute Gasteiger partial charge is 0.268 e. The van der Waals surface area contributed by atoms with Crippen LogP contribution in [0.5, 0.6) is 0 Å². The molecule has 0 rings (SSSR count). The topological polar surface area (TPSA) is 108 Å². The van der Waals surface area contributed by atoms with E-state index in [2.05, 4.69) is 67.8 Å². The van der Waals surface area contributed by atoms with E-state index < -0.39 is 26.6 Å². The second kappa shape index (κ2) is 58.8. The van der Waals surface area contributed by atoms with Crippen LogP contribution in [-0.4, -0.2) is 68.5 Å². The van der Waals surface area contributed by atoms with Gasteiger partial charge in [0.25, 0.3) is 7.82 Å². The number of carbonyl (C=O) groups excluding carboxylic acids is 1. The molecule has 0 aliphatic rings. The molecule has 0 bridgehead atoms. The Morgan fingerprint density at radius 3 is 1.13 bits per heavy atom. The zero-order valence-electron chi connectivity index (χ0n) is 51.7. The van der Waals surface area contributed by atoms with Crippen molar-refractivity contribution in [3.8, 4) is 0 Å². The average molecular weight is 1100 g/mol. The highest BCUT2D eigenvalue weighted by molar-refractivity contribution is 7.45. The van der Waals surface area contributed by atoms with E-state index in [1.807, 2.05) is 27.2 Å². The molecule has 0 heterocycles. The Kier molecular flexibility index (Phi) is 57.5. The van der Waals surface area contributed by atoms with Crippen LogP contribution in [0.15, 0.2) is 60.8 Å². The van der Waals surface area contributed by atoms with Gasteiger partial charge in [-0.25, -0.2) is 0 Å². The van der Waals surface area contributed by atoms with Crippen LogP contribution in [-0.2, 0) is 18.4 Å². The van der Waals surface area contributed by atoms with E-state index in [1.54, 1.807) is 6.08 Å². The Morgan fingerprint density at radius 2 is 0.766 bits per heavy atom. The van der Waals surface area contributed by atoms with E-state index in [0.29, 0.717) is 17.4 Å². The van der Waals surface area contributed by atoms with Crippen molar-refractivity contribution in [2.24, 2.45) is 0 Å². The van der Waals surface area contributed by atoms with Gasteiger partial charge in [-0.05, 0) is 77.0 Å². The number of allylic oxidation sites excluding steroid dienone is 9. The van der Waals surface area contributed by atoms with Gasteiger partial charge in [0.05, 0.1) is 39.9 Å². The molecule has 0 saturated carbocycles. The zero-order valence-corrected chi connectivity index (χ0v) is 52.6. The van der Waals surface area contributed by atoms with Gasteiger partial charge in [-0.15, -0.1) is 0 Å². The Labute approximate surface area is 479 Å². The predicted octanol–water partition coefficient (Wildman–Crippen LogP) is 20.2. The molecule has 9 heteroatoms. The third-order valence-electron chi connectivity index (χ3n) is 14.9. The Balaban J connectivity index is 4.15. The van der Waals surface area contributed by atoms with Gasteiger partial charge < -0.3 is 28.8 Å². The number of aliphatic hydroxyl groups is 1. The lowest BCUT2D eigenvalue weighted by molar-refractivity contribution is -0.870. The minimum absolute atomic E-state index is 0.00972. The van der Waals surface area contributed by atoms with Crippen molar-refractivity contribution >= 4 is 13.7 Å². The van der Waals surface area contributed by atoms with Crippen LogP contribution >= 0.6 is 7.82 Å². The predicted molar refractivity (Wildman–Crippen MR) is 334 cm³/mol. The largest absolute Gasteiger partial charge is 0.756 e. The number of likely N-dealkylation sites (N-methyl/N-ethyl adjacent to an activating group) is 1. The summed E-state index contributed by atoms with van der Waals surface area (Å²) in [6.45, 7) is 4.66. The van der Waals surface area contributed by atoms with Crippen molar-refractivity contribution in [3.63, 3.8) is 0 Å². The van der Waals surface area contributed by atoms with E-state index >= 15 is 0 Å². The number of phosphoric acid groups is 1. The molecule has 2 N–H and O–H groups in total. The summed E-state index contributed by atoms with van der Waals surface area (Å²) >= 11 is 0. The fourth-order valence-corrected chi connectivity index (χ4v) is 10.5. The third-order valence-corrected chi connectivity index (χ3v) is 15.9. The molecular weight excluding hydrogens is 972 g/mol. The highest BCUT2D eigenvalue weighted by Crippen LogP contribution is 2.38. The second-order valence-electron chi connectivity index (χ2n) is 23.8. The van der Waals surface area contributed by atoms with E-state index in [0.717, 1.165) is 51.4 Å². The molecule has 3 atom stereocenters. The fourth-order valence-electron chi connectivity index (χ4n) is 9.75. The number of hydrogen-bond acceptors (Lipinski definition) is 6. The highest BCUT2D eigenvalue weighted by Gasteiger charge is 2.23. The standard InChI is InChI=1S/C68H129N2O6P/c1-6-8-10-12-14-16-18-20-22-24-26-28-30-32-33-34-35-36-37-38-40-42-44-46-48-50-52-54-56-58-60-62-68(72)69-66(65-76-77(73,74)75-64-63-70(3,4)5)67(71)61-59-57-55-53-51-49-47-45-43-41-39-31-29-27-25-23-21-19-17-15-13-11-9-7-2/h26,28,32-33,43,45,51,53,59,61,66-67,71H,6-25,27,29-31,34-42,44,46-50,52,54-58,60,62-65H2,1-5H3,(H-,69,72,73,74)/b28-26-,33-32-,45-43+,53-51+,61-59+. The zero-order chi connectivity index (χ0) is 56.3. The van der Waals surface area contributed by atoms with Gasteiger partial charge in [-0.2, -0.15) is 0 Å². The molecule has 0 aromatic carbocycles. The lowest BCUT2D eigenvalue weighted by Gasteiger charge is -2.29. The van der Waals surface area contributed by atoms with Crippen LogP contribution in [0.2, 0.25) is 0 Å². The SMILES string of the molecule is CCCCCCCCCCC/C=C\C/C=C\CCCCCCCCCCCCCCCCCC(=O)NC(COP(=O)([O-])OCC[N+](C)(C)C)C(O)/C=C/CC/C=C/CC/C=C/CCCCCCCCCCCCCCCC. The van der Waals surface area contributed by atoms with Crippen LogP contribution in [0.1, 0.15) is 316 Å². The first-order chi connectivity index (χ1) is 37.5. The van der Waals surface area contributed by atoms with Gasteiger partial charge in [-0.3, -0.25) is 9.36 Å². The summed E-state index contributed by atoms with van der Waals surface area (Å²) in [6, 6.07) is -0.913. The third kappa shape index (κ3) is 61.7. The van der Waals surface area contributed by atoms with Crippen LogP contribution in [0.25, 0.3) is 0 Å². The number of unbranched alkanes of at least 4 members (excludes halogenated alkanes) is 40. The summed E-state index contributed by atoms with van der Waals surface area (Å²) in [7, 11) is 1.24. The maximum atomic E-state index is 13.0. The van der Waals surface area contributed by atoms with Crippen molar-refractivity contribution in [2.75, 3.05) is 40.9 Å². The summed E-state index contributed by atoms with van der Waals surface area (Å²) in [5, 5.41) is 13.9. The molecule has 1 amide bonds. The van der Waals surface area contributed by atoms with Gasteiger partial charge in [0.2, 0.25) is 5.91 Å². The fraction of sp³-hybridized carbons (Fsp3) is 0.838. The molecule has 0 radical (unpaired) electrons. The lowest BCUT2D eigenvalue weighted by Crippen LogP contribution is -2.45. The summed E-state index contributed by atoms with van der Waals surface area (Å²) in [6.07, 6.45) is 80.5. The maximum absolute atomic E-state index is 13.0. The number of carbonyl (C=O) groups is 1. The van der Waals surface area contributed by atoms with Crippen molar-refractivity contribution in [1.82, 2.24) is 5.32 Å². The van der Waals surface area contributed by atoms with Gasteiger partial charge in [0.15, 0.2) is 0 Å². The molecule has 0 aromatic heterocycles. The Morgan fingerprint density at radius 1 is 0.455 bits per heavy atom. The van der Waals surface area contributed by atoms with Crippen molar-refractivity contribution < 1.29 is 32.9 Å². The minimum Gasteiger partial charge on any atom is -0.756 e. The maximum Gasteiger partial charge on any atom is 0.268 e. The number of aliphatic hydroxyl groups excluding tert-OH is 1. The normalized spacial score (nSPS) is 14.1. The highest BCUT2D eigenvalue weighted by atomic mass is 31.2. The average Bonchev–Trinajstić information content (AvgIpc) is 3.39. The van der Waals surface area contributed by atoms with Crippen molar-refractivity contribution in [1.29, 1.82) is 0 Å². The Bertz CT molecular complexity index is 1440. The molecule has 77 heavy (non-hydrogen) atoms. The molecule has 452 valence electrons. The number of nitrogens with one attached hydrogen (secondary N) is 1. The first-order valence-corrected chi connectivity index (χ1v) is 34.6. The number of amides is 1. The molecule has 0 saturated heterocycles. The van der Waals surface area contributed by atoms with Crippen molar-refractivity contribution in [3.05, 3.63) is 60.8 Å². The quantitative estimate of drug-likeness (QED) is 0.0272. The van der Waals surface area contributed by atoms with Crippen LogP contribution in [0.4, 0.5) is 0 Å². The number of nitrogens with zero attached hydrogens (tertiary/aromatic N) is 1. The molecule has 0 spiro atoms. The number of hydrogen-bond donors (Lipinski definition) is 2. The molecule has 0 aromatic rings. The van der Waals surface area contributed by atoms with E-state index in [4.69, 9.17) is 9.05 Å². The Hall–Kier alpha value is -1.80. The molecular formula is C68H129N2O6P. The molecule has 8 nitrogen and oxygen atoms in total. The summed E-state index contributed by atoms with van der Waals surface area (Å²) in [5.41, 5.74) is 0. The van der Waals surface area contributed by atoms with E-state index in [-0.39, 0.29) is 12.5 Å². The molecule has 0 aliphatic carbocycles. The first-order valence-electron chi connectivity index (χ1n) is 33.2. The number of rotatable bonds is 61. The molecule has 0 fully saturated rings. The molecule has 0 aliphatic heterocycles. The first kappa shape index (κ1) is 75.2. The minimum atomic E-state index is -4.62. The van der Waals surface area contributed by atoms with Crippen LogP contribution in [0.3, 0.4) is 0 Å². The summed E-state index contributed by atoms with van der Waals surface area (Å²) in [5.74, 6) is -0.209. The second-order valence-corrected chi connectivity index (χ2v) is 25.2. The lowest BCUT2D eigenvalue weighted by atomic mass is 10.0. The van der Waals surface area contributed by atoms with E-state index in [9.17, 15) is 19.4 Å². The molecule has 3 unspecified atom stereocenters. The van der Waals surface area contributed by atoms with Gasteiger partial charge >= 0.3 is 0 Å². The van der Waals surface area contributed by atoms with Crippen LogP contribution in [0, 0.1) is 0 Å². The number of quaternary nitrogens is 1. The van der Waals surface area contributed by atoms with Gasteiger partial charge in [0.1, 0.15) is 13.2 Å².